The summed E-state index contributed by atoms with van der Waals surface area (Å²) in [7, 11) is 0. The van der Waals surface area contributed by atoms with Crippen molar-refractivity contribution in [2.75, 3.05) is 18.6 Å². The van der Waals surface area contributed by atoms with Gasteiger partial charge in [-0.1, -0.05) is 30.3 Å². The first-order valence-corrected chi connectivity index (χ1v) is 10.0. The van der Waals surface area contributed by atoms with Gasteiger partial charge in [0.25, 0.3) is 0 Å². The van der Waals surface area contributed by atoms with Crippen LogP contribution in [-0.4, -0.2) is 44.5 Å². The van der Waals surface area contributed by atoms with E-state index in [9.17, 15) is 14.3 Å². The van der Waals surface area contributed by atoms with E-state index >= 15 is 0 Å². The third kappa shape index (κ3) is 3.41. The number of carbonyl (C=O) groups is 1. The number of hydrogen-bond acceptors (Lipinski definition) is 7. The van der Waals surface area contributed by atoms with E-state index in [2.05, 4.69) is 20.6 Å². The number of anilines is 1. The van der Waals surface area contributed by atoms with Crippen LogP contribution in [-0.2, 0) is 11.4 Å². The Balaban J connectivity index is 1.72. The minimum atomic E-state index is -0.562. The quantitative estimate of drug-likeness (QED) is 0.657. The van der Waals surface area contributed by atoms with Gasteiger partial charge in [0, 0.05) is 24.3 Å². The highest BCUT2D eigenvalue weighted by atomic mass is 19.1. The molecule has 0 fully saturated rings. The summed E-state index contributed by atoms with van der Waals surface area (Å²) < 4.78 is 16.0. The topological polar surface area (TPSA) is 102 Å². The molecule has 0 spiro atoms. The van der Waals surface area contributed by atoms with Gasteiger partial charge in [0.1, 0.15) is 30.6 Å². The van der Waals surface area contributed by atoms with Crippen LogP contribution in [0.1, 0.15) is 45.8 Å². The van der Waals surface area contributed by atoms with E-state index in [1.54, 1.807) is 4.68 Å². The summed E-state index contributed by atoms with van der Waals surface area (Å²) in [6.45, 7) is 0.409. The molecule has 9 heteroatoms. The minimum absolute atomic E-state index is 0.0197. The maximum Gasteiger partial charge on any atom is 0.185 e. The number of carbonyl (C=O) groups excluding carboxylic acids is 1. The van der Waals surface area contributed by atoms with Crippen LogP contribution in [0.5, 0.6) is 0 Å². The summed E-state index contributed by atoms with van der Waals surface area (Å²) in [5.74, 6) is -0.685. The van der Waals surface area contributed by atoms with Crippen LogP contribution < -0.4 is 5.48 Å². The van der Waals surface area contributed by atoms with Crippen molar-refractivity contribution in [2.24, 2.45) is 4.99 Å². The fraction of sp³-hybridized carbons (Fsp3) is 0.273. The number of benzene rings is 2. The Kier molecular flexibility index (Phi) is 5.05. The predicted octanol–water partition coefficient (Wildman–Crippen LogP) is 2.67. The number of halogens is 1. The molecular weight excluding hydrogens is 401 g/mol. The molecule has 2 aliphatic rings. The van der Waals surface area contributed by atoms with Crippen molar-refractivity contribution in [3.05, 3.63) is 77.1 Å². The van der Waals surface area contributed by atoms with Gasteiger partial charge >= 0.3 is 0 Å². The van der Waals surface area contributed by atoms with Gasteiger partial charge in [-0.25, -0.2) is 14.1 Å². The third-order valence-corrected chi connectivity index (χ3v) is 5.53. The number of Topliss-reactive ketones (excluding diaryl/α,β-unsaturated/α-hetero) is 1. The lowest BCUT2D eigenvalue weighted by molar-refractivity contribution is 0.0916. The second-order valence-electron chi connectivity index (χ2n) is 7.45. The van der Waals surface area contributed by atoms with Gasteiger partial charge in [0.15, 0.2) is 5.78 Å². The Morgan fingerprint density at radius 3 is 2.90 bits per heavy atom. The molecular formula is C22H20FN5O3. The molecule has 2 aromatic carbocycles. The van der Waals surface area contributed by atoms with Crippen molar-refractivity contribution in [1.29, 1.82) is 0 Å². The molecule has 3 heterocycles. The van der Waals surface area contributed by atoms with Crippen molar-refractivity contribution in [1.82, 2.24) is 14.8 Å². The molecule has 0 aliphatic carbocycles. The summed E-state index contributed by atoms with van der Waals surface area (Å²) in [4.78, 5) is 27.7. The third-order valence-electron chi connectivity index (χ3n) is 5.53. The largest absolute Gasteiger partial charge is 0.396 e. The zero-order chi connectivity index (χ0) is 21.4. The van der Waals surface area contributed by atoms with E-state index in [1.807, 2.05) is 30.3 Å². The number of aromatic nitrogens is 3. The van der Waals surface area contributed by atoms with Gasteiger partial charge in [-0.15, -0.1) is 0 Å². The summed E-state index contributed by atoms with van der Waals surface area (Å²) in [6, 6.07) is 12.1. The van der Waals surface area contributed by atoms with Crippen molar-refractivity contribution in [3.63, 3.8) is 0 Å². The minimum Gasteiger partial charge on any atom is -0.396 e. The zero-order valence-corrected chi connectivity index (χ0v) is 16.5. The van der Waals surface area contributed by atoms with Gasteiger partial charge < -0.3 is 5.11 Å². The second-order valence-corrected chi connectivity index (χ2v) is 7.45. The molecule has 0 amide bonds. The molecule has 2 aliphatic heterocycles. The molecule has 8 nitrogen and oxygen atoms in total. The molecule has 2 unspecified atom stereocenters. The maximum atomic E-state index is 14.3. The molecule has 158 valence electrons. The van der Waals surface area contributed by atoms with Gasteiger partial charge in [0.05, 0.1) is 17.3 Å². The number of nitrogens with one attached hydrogen (secondary N) is 1. The number of hydrogen-bond donors (Lipinski definition) is 2. The highest BCUT2D eigenvalue weighted by Gasteiger charge is 2.41. The first-order chi connectivity index (χ1) is 15.2. The average molecular weight is 421 g/mol. The van der Waals surface area contributed by atoms with Crippen LogP contribution in [0.25, 0.3) is 0 Å². The Morgan fingerprint density at radius 1 is 1.26 bits per heavy atom. The molecule has 0 saturated heterocycles. The van der Waals surface area contributed by atoms with Crippen molar-refractivity contribution in [3.8, 4) is 0 Å². The number of aliphatic hydroxyl groups is 1. The van der Waals surface area contributed by atoms with E-state index in [0.717, 1.165) is 5.56 Å². The van der Waals surface area contributed by atoms with E-state index in [0.29, 0.717) is 35.8 Å². The SMILES string of the molecule is O=C1CN=C2c3c(cc(F)cc31)NOC(c1ccccc1)C2c1ncnn1CCCO. The highest BCUT2D eigenvalue weighted by molar-refractivity contribution is 6.20. The number of rotatable bonds is 5. The van der Waals surface area contributed by atoms with Crippen LogP contribution in [0.3, 0.4) is 0 Å². The maximum absolute atomic E-state index is 14.3. The summed E-state index contributed by atoms with van der Waals surface area (Å²) in [5, 5.41) is 13.6. The molecule has 0 saturated carbocycles. The lowest BCUT2D eigenvalue weighted by Crippen LogP contribution is -2.29. The number of ketones is 1. The highest BCUT2D eigenvalue weighted by Crippen LogP contribution is 2.43. The van der Waals surface area contributed by atoms with E-state index < -0.39 is 17.8 Å². The molecule has 31 heavy (non-hydrogen) atoms. The van der Waals surface area contributed by atoms with Gasteiger partial charge in [-0.05, 0) is 24.1 Å². The monoisotopic (exact) mass is 421 g/mol. The van der Waals surface area contributed by atoms with E-state index in [4.69, 9.17) is 4.84 Å². The Morgan fingerprint density at radius 2 is 2.10 bits per heavy atom. The number of aliphatic imine (C=N–C) groups is 1. The Hall–Kier alpha value is -3.43. The molecule has 1 aromatic heterocycles. The summed E-state index contributed by atoms with van der Waals surface area (Å²) >= 11 is 0. The zero-order valence-electron chi connectivity index (χ0n) is 16.5. The fourth-order valence-electron chi connectivity index (χ4n) is 4.16. The van der Waals surface area contributed by atoms with Crippen molar-refractivity contribution in [2.45, 2.75) is 25.0 Å². The van der Waals surface area contributed by atoms with Crippen molar-refractivity contribution < 1.29 is 19.1 Å². The van der Waals surface area contributed by atoms with Crippen LogP contribution in [0.15, 0.2) is 53.8 Å². The number of nitrogens with zero attached hydrogens (tertiary/aromatic N) is 4. The first kappa shape index (κ1) is 19.5. The second kappa shape index (κ2) is 8.01. The van der Waals surface area contributed by atoms with Crippen LogP contribution in [0.4, 0.5) is 10.1 Å². The van der Waals surface area contributed by atoms with Crippen LogP contribution >= 0.6 is 0 Å². The lowest BCUT2D eigenvalue weighted by Gasteiger charge is -2.27. The molecule has 2 atom stereocenters. The number of aliphatic hydroxyl groups excluding tert-OH is 1. The van der Waals surface area contributed by atoms with E-state index in [1.165, 1.54) is 18.5 Å². The standard InChI is InChI=1S/C22H20FN5O3/c23-14-9-15-17(30)11-24-20-18(15)16(10-14)27-31-21(13-5-2-1-3-6-13)19(20)22-25-12-26-28(22)7-4-8-29/h1-3,5-6,9-10,12,19,21,27,29H,4,7-8,11H2. The molecule has 0 bridgehead atoms. The van der Waals surface area contributed by atoms with Gasteiger partial charge in [-0.2, -0.15) is 5.10 Å². The first-order valence-electron chi connectivity index (χ1n) is 10.0. The molecule has 2 N–H and O–H groups in total. The number of aryl methyl sites for hydroxylation is 1. The summed E-state index contributed by atoms with van der Waals surface area (Å²) in [5.41, 5.74) is 5.48. The fourth-order valence-corrected chi connectivity index (χ4v) is 4.16. The van der Waals surface area contributed by atoms with E-state index in [-0.39, 0.29) is 24.5 Å². The van der Waals surface area contributed by atoms with Crippen LogP contribution in [0, 0.1) is 5.82 Å². The average Bonchev–Trinajstić information content (AvgIpc) is 3.18. The molecule has 0 radical (unpaired) electrons. The van der Waals surface area contributed by atoms with Gasteiger partial charge in [0.2, 0.25) is 0 Å². The molecule has 3 aromatic rings. The van der Waals surface area contributed by atoms with Crippen molar-refractivity contribution >= 4 is 17.2 Å². The summed E-state index contributed by atoms with van der Waals surface area (Å²) in [6.07, 6.45) is 1.40. The molecule has 5 rings (SSSR count). The smallest absolute Gasteiger partial charge is 0.185 e. The normalized spacial score (nSPS) is 19.9. The predicted molar refractivity (Wildman–Crippen MR) is 110 cm³/mol. The Bertz CT molecular complexity index is 1160. The lowest BCUT2D eigenvalue weighted by atomic mass is 9.83. The Labute approximate surface area is 177 Å². The van der Waals surface area contributed by atoms with Gasteiger partial charge in [-0.3, -0.25) is 20.1 Å². The van der Waals surface area contributed by atoms with Crippen LogP contribution in [0.2, 0.25) is 0 Å².